The molecule has 0 atom stereocenters. The van der Waals surface area contributed by atoms with E-state index < -0.39 is 6.04 Å². The lowest BCUT2D eigenvalue weighted by Crippen LogP contribution is -2.24. The Labute approximate surface area is 235 Å². The first kappa shape index (κ1) is 24.0. The Hall–Kier alpha value is -4.03. The van der Waals surface area contributed by atoms with Crippen LogP contribution in [0.3, 0.4) is 0 Å². The smallest absolute Gasteiger partial charge is 0.0379 e. The van der Waals surface area contributed by atoms with Crippen LogP contribution in [0.5, 0.6) is 0 Å². The first-order valence-corrected chi connectivity index (χ1v) is 16.1. The van der Waals surface area contributed by atoms with Crippen LogP contribution in [0, 0.1) is 6.92 Å². The number of aryl methyl sites for hydroxylation is 1. The second-order valence-electron chi connectivity index (χ2n) is 10.3. The molecule has 0 N–H and O–H groups in total. The molecule has 10 bridgehead atoms. The summed E-state index contributed by atoms with van der Waals surface area (Å²) in [5.74, 6) is 0. The summed E-state index contributed by atoms with van der Waals surface area (Å²) in [6.45, 7) is 2.13. The summed E-state index contributed by atoms with van der Waals surface area (Å²) in [5, 5.41) is 3.65. The van der Waals surface area contributed by atoms with Crippen molar-refractivity contribution in [2.75, 3.05) is 0 Å². The molecule has 8 aliphatic heterocycles. The predicted octanol–water partition coefficient (Wildman–Crippen LogP) is 8.73. The van der Waals surface area contributed by atoms with Gasteiger partial charge in [0.25, 0.3) is 0 Å². The van der Waals surface area contributed by atoms with Gasteiger partial charge in [0.15, 0.2) is 0 Å². The third-order valence-corrected chi connectivity index (χ3v) is 12.8. The van der Waals surface area contributed by atoms with Crippen molar-refractivity contribution in [3.05, 3.63) is 151 Å². The normalized spacial score (nSPS) is 13.1. The Bertz CT molecular complexity index is 1700. The molecule has 186 valence electrons. The minimum absolute atomic E-state index is 1.20. The van der Waals surface area contributed by atoms with E-state index in [4.69, 9.17) is 11.8 Å². The van der Waals surface area contributed by atoms with E-state index in [2.05, 4.69) is 153 Å². The molecular formula is C37H27PS. The van der Waals surface area contributed by atoms with E-state index >= 15 is 0 Å². The number of hydrogen-bond acceptors (Lipinski definition) is 1. The molecule has 0 nitrogen and oxygen atoms in total. The van der Waals surface area contributed by atoms with Gasteiger partial charge in [-0.05, 0) is 67.3 Å². The van der Waals surface area contributed by atoms with Crippen molar-refractivity contribution in [2.24, 2.45) is 0 Å². The second kappa shape index (κ2) is 9.62. The van der Waals surface area contributed by atoms with E-state index in [1.807, 2.05) is 0 Å². The number of hydrogen-bond donors (Lipinski definition) is 0. The van der Waals surface area contributed by atoms with Gasteiger partial charge in [0, 0.05) is 6.04 Å². The van der Waals surface area contributed by atoms with Gasteiger partial charge in [-0.2, -0.15) is 0 Å². The Balaban J connectivity index is 1.43. The van der Waals surface area contributed by atoms with Crippen LogP contribution in [0.25, 0.3) is 44.5 Å². The van der Waals surface area contributed by atoms with Crippen molar-refractivity contribution >= 4 is 33.8 Å². The highest BCUT2D eigenvalue weighted by Gasteiger charge is 2.25. The van der Waals surface area contributed by atoms with Crippen LogP contribution >= 0.6 is 6.04 Å². The van der Waals surface area contributed by atoms with Crippen LogP contribution in [0.4, 0.5) is 0 Å². The van der Waals surface area contributed by atoms with Crippen molar-refractivity contribution in [1.82, 2.24) is 0 Å². The summed E-state index contributed by atoms with van der Waals surface area (Å²) in [5.41, 5.74) is 11.0. The van der Waals surface area contributed by atoms with E-state index in [-0.39, 0.29) is 0 Å². The average Bonchev–Trinajstić information content (AvgIpc) is 3.01. The van der Waals surface area contributed by atoms with Crippen LogP contribution in [0.2, 0.25) is 0 Å². The molecule has 0 aromatic heterocycles. The topological polar surface area (TPSA) is 0 Å². The summed E-state index contributed by atoms with van der Waals surface area (Å²) in [4.78, 5) is 0. The molecule has 6 aromatic carbocycles. The molecule has 0 spiro atoms. The van der Waals surface area contributed by atoms with E-state index in [9.17, 15) is 0 Å². The molecule has 8 aliphatic rings. The Morgan fingerprint density at radius 1 is 0.308 bits per heavy atom. The van der Waals surface area contributed by atoms with Crippen molar-refractivity contribution in [3.8, 4) is 44.5 Å². The molecule has 0 unspecified atom stereocenters. The van der Waals surface area contributed by atoms with Crippen molar-refractivity contribution in [2.45, 2.75) is 6.92 Å². The SMILES string of the molecule is Cc1ccc(P2(=S)c3ccc(cc3)-c3ccc(cc3)-c3ccc(cc3)-c3ccc(cc3)-c3ccc2cc3)cc1. The summed E-state index contributed by atoms with van der Waals surface area (Å²) >= 11 is 6.66. The highest BCUT2D eigenvalue weighted by atomic mass is 32.4. The van der Waals surface area contributed by atoms with E-state index in [1.165, 1.54) is 66.0 Å². The summed E-state index contributed by atoms with van der Waals surface area (Å²) in [7, 11) is 0. The first-order valence-electron chi connectivity index (χ1n) is 13.3. The van der Waals surface area contributed by atoms with Crippen molar-refractivity contribution in [3.63, 3.8) is 0 Å². The third-order valence-electron chi connectivity index (χ3n) is 7.85. The lowest BCUT2D eigenvalue weighted by Gasteiger charge is -2.25. The highest BCUT2D eigenvalue weighted by molar-refractivity contribution is 8.25. The van der Waals surface area contributed by atoms with E-state index in [0.717, 1.165) is 0 Å². The lowest BCUT2D eigenvalue weighted by atomic mass is 9.97. The quantitative estimate of drug-likeness (QED) is 0.190. The van der Waals surface area contributed by atoms with Crippen LogP contribution in [-0.4, -0.2) is 0 Å². The monoisotopic (exact) mass is 534 g/mol. The van der Waals surface area contributed by atoms with Crippen LogP contribution in [-0.2, 0) is 11.8 Å². The average molecular weight is 535 g/mol. The van der Waals surface area contributed by atoms with Crippen molar-refractivity contribution < 1.29 is 0 Å². The van der Waals surface area contributed by atoms with Gasteiger partial charge < -0.3 is 0 Å². The number of fused-ring (bicyclic) bond motifs is 1. The zero-order valence-electron chi connectivity index (χ0n) is 21.7. The van der Waals surface area contributed by atoms with Crippen LogP contribution in [0.1, 0.15) is 5.56 Å². The Kier molecular flexibility index (Phi) is 5.93. The molecule has 0 radical (unpaired) electrons. The van der Waals surface area contributed by atoms with Gasteiger partial charge in [-0.15, -0.1) is 0 Å². The van der Waals surface area contributed by atoms with Gasteiger partial charge in [-0.1, -0.05) is 163 Å². The van der Waals surface area contributed by atoms with Gasteiger partial charge in [0.1, 0.15) is 0 Å². The number of benzene rings is 6. The molecule has 0 fully saturated rings. The van der Waals surface area contributed by atoms with Gasteiger partial charge in [-0.3, -0.25) is 0 Å². The zero-order valence-corrected chi connectivity index (χ0v) is 23.4. The third kappa shape index (κ3) is 4.29. The first-order chi connectivity index (χ1) is 19.1. The minimum Gasteiger partial charge on any atom is -0.0826 e. The molecule has 0 aliphatic carbocycles. The van der Waals surface area contributed by atoms with Gasteiger partial charge >= 0.3 is 0 Å². The van der Waals surface area contributed by atoms with E-state index in [0.29, 0.717) is 0 Å². The molecule has 2 heteroatoms. The molecule has 0 saturated heterocycles. The fraction of sp³-hybridized carbons (Fsp3) is 0.0270. The van der Waals surface area contributed by atoms with Gasteiger partial charge in [0.05, 0.1) is 0 Å². The highest BCUT2D eigenvalue weighted by Crippen LogP contribution is 2.43. The van der Waals surface area contributed by atoms with Crippen LogP contribution < -0.4 is 15.9 Å². The Morgan fingerprint density at radius 3 is 0.718 bits per heavy atom. The second-order valence-corrected chi connectivity index (χ2v) is 14.7. The van der Waals surface area contributed by atoms with Gasteiger partial charge in [-0.25, -0.2) is 0 Å². The Morgan fingerprint density at radius 2 is 0.487 bits per heavy atom. The maximum atomic E-state index is 6.66. The van der Waals surface area contributed by atoms with E-state index in [1.54, 1.807) is 0 Å². The molecule has 39 heavy (non-hydrogen) atoms. The van der Waals surface area contributed by atoms with Crippen LogP contribution in [0.15, 0.2) is 146 Å². The minimum atomic E-state index is -2.23. The summed E-state index contributed by atoms with van der Waals surface area (Å²) < 4.78 is 0. The summed E-state index contributed by atoms with van der Waals surface area (Å²) in [6, 6.07) is 51.1. The molecule has 0 amide bonds. The molecule has 6 aromatic rings. The molecule has 8 heterocycles. The molecular weight excluding hydrogens is 507 g/mol. The maximum absolute atomic E-state index is 6.66. The predicted molar refractivity (Wildman–Crippen MR) is 173 cm³/mol. The molecule has 14 rings (SSSR count). The fourth-order valence-electron chi connectivity index (χ4n) is 5.49. The van der Waals surface area contributed by atoms with Crippen molar-refractivity contribution in [1.29, 1.82) is 0 Å². The largest absolute Gasteiger partial charge is 0.0826 e. The maximum Gasteiger partial charge on any atom is 0.0379 e. The fourth-order valence-corrected chi connectivity index (χ4v) is 9.19. The lowest BCUT2D eigenvalue weighted by molar-refractivity contribution is 1.49. The summed E-state index contributed by atoms with van der Waals surface area (Å²) in [6.07, 6.45) is 0. The van der Waals surface area contributed by atoms with Gasteiger partial charge in [0.2, 0.25) is 0 Å². The zero-order chi connectivity index (χ0) is 26.4. The number of rotatable bonds is 1. The standard InChI is InChI=1S/C37H27PS/c1-26-2-20-35(21-3-26)38(39)36-22-16-33(17-23-36)31-12-8-29(9-13-31)27-4-5-28(7-6-27)30-10-14-32(15-11-30)34-18-24-37(38)25-19-34/h2-25H,1H3. The molecule has 0 saturated carbocycles.